The monoisotopic (exact) mass is 231 g/mol. The van der Waals surface area contributed by atoms with Crippen LogP contribution >= 0.6 is 0 Å². The average Bonchev–Trinajstić information content (AvgIpc) is 3.09. The third-order valence-corrected chi connectivity index (χ3v) is 3.72. The molecule has 2 unspecified atom stereocenters. The van der Waals surface area contributed by atoms with E-state index in [1.807, 2.05) is 0 Å². The van der Waals surface area contributed by atoms with Gasteiger partial charge >= 0.3 is 0 Å². The SMILES string of the molecule is CCCC1CC1NCCCCc1ccccc1. The molecule has 1 N–H and O–H groups in total. The standard InChI is InChI=1S/C16H25N/c1-2-8-15-13-16(15)17-12-7-6-11-14-9-4-3-5-10-14/h3-5,9-10,15-17H,2,6-8,11-13H2,1H3. The fraction of sp³-hybridized carbons (Fsp3) is 0.625. The Morgan fingerprint density at radius 1 is 1.18 bits per heavy atom. The van der Waals surface area contributed by atoms with Crippen LogP contribution in [0.25, 0.3) is 0 Å². The topological polar surface area (TPSA) is 12.0 Å². The minimum absolute atomic E-state index is 0.853. The summed E-state index contributed by atoms with van der Waals surface area (Å²) in [5.41, 5.74) is 1.47. The molecule has 0 aromatic heterocycles. The van der Waals surface area contributed by atoms with Gasteiger partial charge in [-0.3, -0.25) is 0 Å². The van der Waals surface area contributed by atoms with E-state index in [1.54, 1.807) is 0 Å². The van der Waals surface area contributed by atoms with Crippen molar-refractivity contribution < 1.29 is 0 Å². The second-order valence-corrected chi connectivity index (χ2v) is 5.29. The Kier molecular flexibility index (Phi) is 5.06. The Morgan fingerprint density at radius 2 is 2.00 bits per heavy atom. The summed E-state index contributed by atoms with van der Waals surface area (Å²) in [5.74, 6) is 0.995. The Balaban J connectivity index is 1.48. The molecular formula is C16H25N. The largest absolute Gasteiger partial charge is 0.314 e. The highest BCUT2D eigenvalue weighted by atomic mass is 15.0. The molecule has 1 saturated carbocycles. The van der Waals surface area contributed by atoms with E-state index in [1.165, 1.54) is 50.6 Å². The lowest BCUT2D eigenvalue weighted by atomic mass is 10.1. The Bertz CT molecular complexity index is 307. The van der Waals surface area contributed by atoms with Crippen LogP contribution in [0.4, 0.5) is 0 Å². The molecule has 0 heterocycles. The van der Waals surface area contributed by atoms with Crippen LogP contribution in [0.5, 0.6) is 0 Å². The number of rotatable bonds is 8. The highest BCUT2D eigenvalue weighted by molar-refractivity contribution is 5.14. The molecule has 1 fully saturated rings. The third kappa shape index (κ3) is 4.51. The minimum Gasteiger partial charge on any atom is -0.314 e. The van der Waals surface area contributed by atoms with Gasteiger partial charge in [-0.05, 0) is 50.1 Å². The molecule has 1 aliphatic carbocycles. The molecule has 2 rings (SSSR count). The Hall–Kier alpha value is -0.820. The maximum atomic E-state index is 3.68. The number of nitrogens with one attached hydrogen (secondary N) is 1. The van der Waals surface area contributed by atoms with Crippen LogP contribution in [0, 0.1) is 5.92 Å². The molecular weight excluding hydrogens is 206 g/mol. The first-order chi connectivity index (χ1) is 8.40. The number of hydrogen-bond acceptors (Lipinski definition) is 1. The molecule has 0 saturated heterocycles. The summed E-state index contributed by atoms with van der Waals surface area (Å²) in [6.07, 6.45) is 8.03. The Labute approximate surface area is 106 Å². The lowest BCUT2D eigenvalue weighted by Gasteiger charge is -2.04. The van der Waals surface area contributed by atoms with Gasteiger partial charge in [0.1, 0.15) is 0 Å². The average molecular weight is 231 g/mol. The van der Waals surface area contributed by atoms with Crippen LogP contribution in [0.3, 0.4) is 0 Å². The minimum atomic E-state index is 0.853. The van der Waals surface area contributed by atoms with Crippen molar-refractivity contribution in [2.75, 3.05) is 6.54 Å². The van der Waals surface area contributed by atoms with E-state index in [4.69, 9.17) is 0 Å². The molecule has 1 heteroatoms. The molecule has 94 valence electrons. The van der Waals surface area contributed by atoms with Crippen LogP contribution in [-0.2, 0) is 6.42 Å². The van der Waals surface area contributed by atoms with E-state index in [0.29, 0.717) is 0 Å². The van der Waals surface area contributed by atoms with Gasteiger partial charge in [-0.25, -0.2) is 0 Å². The lowest BCUT2D eigenvalue weighted by Crippen LogP contribution is -2.19. The van der Waals surface area contributed by atoms with Crippen molar-refractivity contribution in [1.29, 1.82) is 0 Å². The van der Waals surface area contributed by atoms with Crippen LogP contribution in [0.15, 0.2) is 30.3 Å². The van der Waals surface area contributed by atoms with Crippen molar-refractivity contribution in [3.05, 3.63) is 35.9 Å². The molecule has 0 amide bonds. The summed E-state index contributed by atoms with van der Waals surface area (Å²) in [6, 6.07) is 11.7. The number of aryl methyl sites for hydroxylation is 1. The van der Waals surface area contributed by atoms with Gasteiger partial charge in [0.05, 0.1) is 0 Å². The fourth-order valence-corrected chi connectivity index (χ4v) is 2.57. The number of hydrogen-bond donors (Lipinski definition) is 1. The van der Waals surface area contributed by atoms with Gasteiger partial charge in [0.25, 0.3) is 0 Å². The third-order valence-electron chi connectivity index (χ3n) is 3.72. The smallest absolute Gasteiger partial charge is 0.00991 e. The fourth-order valence-electron chi connectivity index (χ4n) is 2.57. The molecule has 17 heavy (non-hydrogen) atoms. The first-order valence-electron chi connectivity index (χ1n) is 7.17. The van der Waals surface area contributed by atoms with E-state index in [-0.39, 0.29) is 0 Å². The number of unbranched alkanes of at least 4 members (excludes halogenated alkanes) is 1. The van der Waals surface area contributed by atoms with Gasteiger partial charge < -0.3 is 5.32 Å². The van der Waals surface area contributed by atoms with Crippen molar-refractivity contribution >= 4 is 0 Å². The summed E-state index contributed by atoms with van der Waals surface area (Å²) in [4.78, 5) is 0. The van der Waals surface area contributed by atoms with Gasteiger partial charge in [0.15, 0.2) is 0 Å². The first-order valence-corrected chi connectivity index (χ1v) is 7.17. The van der Waals surface area contributed by atoms with Crippen molar-refractivity contribution in [2.45, 2.75) is 51.5 Å². The van der Waals surface area contributed by atoms with Gasteiger partial charge in [-0.15, -0.1) is 0 Å². The summed E-state index contributed by atoms with van der Waals surface area (Å²) in [6.45, 7) is 3.49. The van der Waals surface area contributed by atoms with Gasteiger partial charge in [0, 0.05) is 6.04 Å². The molecule has 0 aliphatic heterocycles. The van der Waals surface area contributed by atoms with Crippen LogP contribution < -0.4 is 5.32 Å². The predicted molar refractivity (Wildman–Crippen MR) is 74.2 cm³/mol. The second-order valence-electron chi connectivity index (χ2n) is 5.29. The number of benzene rings is 1. The predicted octanol–water partition coefficient (Wildman–Crippen LogP) is 3.79. The molecule has 0 radical (unpaired) electrons. The van der Waals surface area contributed by atoms with Crippen molar-refractivity contribution in [3.63, 3.8) is 0 Å². The molecule has 1 aromatic rings. The molecule has 0 bridgehead atoms. The maximum absolute atomic E-state index is 3.68. The van der Waals surface area contributed by atoms with E-state index in [9.17, 15) is 0 Å². The van der Waals surface area contributed by atoms with Crippen LogP contribution in [0.1, 0.15) is 44.6 Å². The maximum Gasteiger partial charge on any atom is 0.00991 e. The highest BCUT2D eigenvalue weighted by Crippen LogP contribution is 2.34. The molecule has 0 spiro atoms. The molecule has 1 nitrogen and oxygen atoms in total. The molecule has 1 aromatic carbocycles. The zero-order chi connectivity index (χ0) is 11.9. The van der Waals surface area contributed by atoms with E-state index < -0.39 is 0 Å². The van der Waals surface area contributed by atoms with Gasteiger partial charge in [-0.2, -0.15) is 0 Å². The quantitative estimate of drug-likeness (QED) is 0.671. The second kappa shape index (κ2) is 6.80. The highest BCUT2D eigenvalue weighted by Gasteiger charge is 2.34. The molecule has 1 aliphatic rings. The van der Waals surface area contributed by atoms with Crippen molar-refractivity contribution in [3.8, 4) is 0 Å². The molecule has 2 atom stereocenters. The summed E-state index contributed by atoms with van der Waals surface area (Å²) in [5, 5.41) is 3.68. The van der Waals surface area contributed by atoms with Gasteiger partial charge in [0.2, 0.25) is 0 Å². The zero-order valence-corrected chi connectivity index (χ0v) is 11.0. The Morgan fingerprint density at radius 3 is 2.76 bits per heavy atom. The van der Waals surface area contributed by atoms with E-state index in [0.717, 1.165) is 12.0 Å². The summed E-state index contributed by atoms with van der Waals surface area (Å²) in [7, 11) is 0. The van der Waals surface area contributed by atoms with E-state index >= 15 is 0 Å². The summed E-state index contributed by atoms with van der Waals surface area (Å²) < 4.78 is 0. The normalized spacial score (nSPS) is 22.6. The van der Waals surface area contributed by atoms with E-state index in [2.05, 4.69) is 42.6 Å². The van der Waals surface area contributed by atoms with Crippen molar-refractivity contribution in [2.24, 2.45) is 5.92 Å². The lowest BCUT2D eigenvalue weighted by molar-refractivity contribution is 0.573. The van der Waals surface area contributed by atoms with Crippen LogP contribution in [-0.4, -0.2) is 12.6 Å². The van der Waals surface area contributed by atoms with Crippen molar-refractivity contribution in [1.82, 2.24) is 5.32 Å². The zero-order valence-electron chi connectivity index (χ0n) is 11.0. The van der Waals surface area contributed by atoms with Gasteiger partial charge in [-0.1, -0.05) is 43.7 Å². The summed E-state index contributed by atoms with van der Waals surface area (Å²) >= 11 is 0. The first kappa shape index (κ1) is 12.6. The van der Waals surface area contributed by atoms with Crippen LogP contribution in [0.2, 0.25) is 0 Å².